The van der Waals surface area contributed by atoms with Gasteiger partial charge in [-0.1, -0.05) is 48.9 Å². The first-order valence-corrected chi connectivity index (χ1v) is 9.43. The molecule has 122 valence electrons. The van der Waals surface area contributed by atoms with Gasteiger partial charge in [0.15, 0.2) is 0 Å². The third-order valence-corrected chi connectivity index (χ3v) is 6.78. The average Bonchev–Trinajstić information content (AvgIpc) is 3.08. The topological polar surface area (TPSA) is 37.4 Å². The van der Waals surface area contributed by atoms with Crippen LogP contribution in [-0.4, -0.2) is 25.8 Å². The molecule has 0 amide bonds. The van der Waals surface area contributed by atoms with Gasteiger partial charge >= 0.3 is 0 Å². The molecule has 3 rings (SSSR count). The monoisotopic (exact) mass is 329 g/mol. The van der Waals surface area contributed by atoms with Crippen molar-refractivity contribution in [1.82, 2.24) is 4.31 Å². The van der Waals surface area contributed by atoms with E-state index in [1.54, 1.807) is 16.4 Å². The first-order valence-electron chi connectivity index (χ1n) is 7.99. The minimum absolute atomic E-state index is 0.161. The molecule has 1 fully saturated rings. The highest BCUT2D eigenvalue weighted by Crippen LogP contribution is 2.44. The van der Waals surface area contributed by atoms with E-state index in [-0.39, 0.29) is 5.92 Å². The second-order valence-electron chi connectivity index (χ2n) is 6.46. The van der Waals surface area contributed by atoms with E-state index in [2.05, 4.69) is 20.1 Å². The van der Waals surface area contributed by atoms with Crippen LogP contribution in [0.15, 0.2) is 64.6 Å². The van der Waals surface area contributed by atoms with Gasteiger partial charge in [0.2, 0.25) is 10.0 Å². The molecule has 1 unspecified atom stereocenters. The first-order chi connectivity index (χ1) is 10.8. The van der Waals surface area contributed by atoms with Gasteiger partial charge in [0.05, 0.1) is 4.90 Å². The van der Waals surface area contributed by atoms with E-state index < -0.39 is 10.0 Å². The van der Waals surface area contributed by atoms with Crippen LogP contribution in [0.5, 0.6) is 0 Å². The van der Waals surface area contributed by atoms with Gasteiger partial charge in [-0.25, -0.2) is 8.42 Å². The molecule has 0 radical (unpaired) electrons. The van der Waals surface area contributed by atoms with Crippen molar-refractivity contribution in [2.45, 2.75) is 31.6 Å². The summed E-state index contributed by atoms with van der Waals surface area (Å²) < 4.78 is 27.3. The summed E-state index contributed by atoms with van der Waals surface area (Å²) in [6.45, 7) is 13.3. The van der Waals surface area contributed by atoms with Gasteiger partial charge in [-0.15, -0.1) is 0 Å². The van der Waals surface area contributed by atoms with Gasteiger partial charge in [-0.3, -0.25) is 0 Å². The lowest BCUT2D eigenvalue weighted by Crippen LogP contribution is -2.29. The molecule has 2 aliphatic rings. The Morgan fingerprint density at radius 2 is 1.96 bits per heavy atom. The van der Waals surface area contributed by atoms with Crippen molar-refractivity contribution in [3.63, 3.8) is 0 Å². The summed E-state index contributed by atoms with van der Waals surface area (Å²) in [4.78, 5) is 0.366. The summed E-state index contributed by atoms with van der Waals surface area (Å²) in [5, 5.41) is 0. The van der Waals surface area contributed by atoms with Crippen LogP contribution in [0, 0.1) is 12.8 Å². The second kappa shape index (κ2) is 5.77. The van der Waals surface area contributed by atoms with Crippen LogP contribution in [-0.2, 0) is 10.0 Å². The molecule has 0 saturated carbocycles. The van der Waals surface area contributed by atoms with E-state index in [9.17, 15) is 8.42 Å². The Morgan fingerprint density at radius 3 is 2.57 bits per heavy atom. The van der Waals surface area contributed by atoms with E-state index in [1.165, 1.54) is 11.1 Å². The summed E-state index contributed by atoms with van der Waals surface area (Å²) in [5.41, 5.74) is 5.71. The van der Waals surface area contributed by atoms with Crippen molar-refractivity contribution in [3.05, 3.63) is 65.3 Å². The largest absolute Gasteiger partial charge is 0.243 e. The number of benzene rings is 1. The summed E-state index contributed by atoms with van der Waals surface area (Å²) in [5.74, 6) is 0.161. The third kappa shape index (κ3) is 2.70. The van der Waals surface area contributed by atoms with Crippen molar-refractivity contribution < 1.29 is 8.42 Å². The predicted molar refractivity (Wildman–Crippen MR) is 93.6 cm³/mol. The molecule has 23 heavy (non-hydrogen) atoms. The fourth-order valence-electron chi connectivity index (χ4n) is 3.43. The van der Waals surface area contributed by atoms with Gasteiger partial charge in [-0.05, 0) is 43.0 Å². The van der Waals surface area contributed by atoms with E-state index >= 15 is 0 Å². The van der Waals surface area contributed by atoms with Gasteiger partial charge in [0.25, 0.3) is 0 Å². The van der Waals surface area contributed by atoms with Crippen molar-refractivity contribution in [1.29, 1.82) is 0 Å². The number of rotatable bonds is 4. The molecule has 1 aromatic rings. The Kier molecular flexibility index (Phi) is 4.07. The maximum absolute atomic E-state index is 12.9. The molecule has 0 N–H and O–H groups in total. The zero-order valence-electron chi connectivity index (χ0n) is 13.8. The van der Waals surface area contributed by atoms with Crippen molar-refractivity contribution in [3.8, 4) is 0 Å². The van der Waals surface area contributed by atoms with E-state index in [0.29, 0.717) is 18.0 Å². The van der Waals surface area contributed by atoms with Gasteiger partial charge in [0.1, 0.15) is 0 Å². The molecule has 1 heterocycles. The van der Waals surface area contributed by atoms with Crippen LogP contribution in [0.4, 0.5) is 0 Å². The Balaban J connectivity index is 1.94. The summed E-state index contributed by atoms with van der Waals surface area (Å²) in [6, 6.07) is 7.06. The van der Waals surface area contributed by atoms with E-state index in [0.717, 1.165) is 29.6 Å². The quantitative estimate of drug-likeness (QED) is 0.787. The average molecular weight is 329 g/mol. The number of hydrogen-bond donors (Lipinski definition) is 0. The number of allylic oxidation sites excluding steroid dienone is 2. The van der Waals surface area contributed by atoms with Crippen LogP contribution >= 0.6 is 0 Å². The highest BCUT2D eigenvalue weighted by Gasteiger charge is 2.41. The number of aryl methyl sites for hydroxylation is 1. The van der Waals surface area contributed by atoms with E-state index in [4.69, 9.17) is 0 Å². The zero-order valence-corrected chi connectivity index (χ0v) is 14.6. The normalized spacial score (nSPS) is 21.8. The molecule has 4 heteroatoms. The molecule has 1 aromatic carbocycles. The maximum atomic E-state index is 12.9. The number of sulfonamides is 1. The maximum Gasteiger partial charge on any atom is 0.243 e. The molecular weight excluding hydrogens is 306 g/mol. The highest BCUT2D eigenvalue weighted by molar-refractivity contribution is 7.89. The number of hydrogen-bond acceptors (Lipinski definition) is 2. The van der Waals surface area contributed by atoms with Crippen LogP contribution in [0.2, 0.25) is 0 Å². The summed E-state index contributed by atoms with van der Waals surface area (Å²) in [7, 11) is -3.45. The van der Waals surface area contributed by atoms with Crippen molar-refractivity contribution >= 4 is 10.0 Å². The van der Waals surface area contributed by atoms with Crippen LogP contribution in [0.25, 0.3) is 0 Å². The molecule has 1 saturated heterocycles. The molecule has 0 spiro atoms. The fraction of sp³-hybridized carbons (Fsp3) is 0.368. The number of nitrogens with zero attached hydrogens (tertiary/aromatic N) is 1. The Bertz CT molecular complexity index is 800. The fourth-order valence-corrected chi connectivity index (χ4v) is 4.86. The van der Waals surface area contributed by atoms with Gasteiger partial charge in [0, 0.05) is 19.0 Å². The molecule has 1 aliphatic heterocycles. The zero-order chi connectivity index (χ0) is 16.8. The van der Waals surface area contributed by atoms with Gasteiger partial charge in [-0.2, -0.15) is 4.31 Å². The number of fused-ring (bicyclic) bond motifs is 1. The summed E-state index contributed by atoms with van der Waals surface area (Å²) in [6.07, 6.45) is 1.74. The lowest BCUT2D eigenvalue weighted by atomic mass is 10.00. The standard InChI is InChI=1S/C19H23NO2S/c1-5-14(3)17-10-15(4)18-11-20(12-19(17)18)23(21,22)16-8-6-13(2)7-9-16/h6-9,18H,3-5,10-12H2,1-2H3. The Morgan fingerprint density at radius 1 is 1.30 bits per heavy atom. The second-order valence-corrected chi connectivity index (χ2v) is 8.40. The van der Waals surface area contributed by atoms with Gasteiger partial charge < -0.3 is 0 Å². The molecule has 1 aliphatic carbocycles. The Hall–Kier alpha value is -1.65. The Labute approximate surface area is 139 Å². The lowest BCUT2D eigenvalue weighted by molar-refractivity contribution is 0.467. The predicted octanol–water partition coefficient (Wildman–Crippen LogP) is 3.84. The summed E-state index contributed by atoms with van der Waals surface area (Å²) >= 11 is 0. The van der Waals surface area contributed by atoms with Crippen molar-refractivity contribution in [2.75, 3.05) is 13.1 Å². The molecular formula is C19H23NO2S. The van der Waals surface area contributed by atoms with Crippen LogP contribution in [0.1, 0.15) is 25.3 Å². The van der Waals surface area contributed by atoms with Crippen LogP contribution < -0.4 is 0 Å². The molecule has 3 nitrogen and oxygen atoms in total. The third-order valence-electron chi connectivity index (χ3n) is 4.95. The van der Waals surface area contributed by atoms with Crippen LogP contribution in [0.3, 0.4) is 0 Å². The minimum atomic E-state index is -3.45. The molecule has 1 atom stereocenters. The molecule has 0 aromatic heterocycles. The highest BCUT2D eigenvalue weighted by atomic mass is 32.2. The van der Waals surface area contributed by atoms with Crippen molar-refractivity contribution in [2.24, 2.45) is 5.92 Å². The van der Waals surface area contributed by atoms with E-state index in [1.807, 2.05) is 19.1 Å². The first kappa shape index (κ1) is 16.2. The lowest BCUT2D eigenvalue weighted by Gasteiger charge is -2.17. The minimum Gasteiger partial charge on any atom is -0.207 e. The SMILES string of the molecule is C=C(CC)C1=C2CN(S(=O)(=O)c3ccc(C)cc3)CC2C(=C)C1. The smallest absolute Gasteiger partial charge is 0.207 e. The molecule has 0 bridgehead atoms.